The topological polar surface area (TPSA) is 77.5 Å². The van der Waals surface area contributed by atoms with E-state index in [4.69, 9.17) is 11.6 Å². The Morgan fingerprint density at radius 3 is 2.66 bits per heavy atom. The number of nitrogens with zero attached hydrogens (tertiary/aromatic N) is 6. The average Bonchev–Trinajstić information content (AvgIpc) is 3.28. The van der Waals surface area contributed by atoms with Gasteiger partial charge in [0.25, 0.3) is 0 Å². The van der Waals surface area contributed by atoms with Crippen LogP contribution in [-0.2, 0) is 23.1 Å². The summed E-state index contributed by atoms with van der Waals surface area (Å²) in [6.07, 6.45) is -2.51. The highest BCUT2D eigenvalue weighted by Gasteiger charge is 2.66. The highest BCUT2D eigenvalue weighted by atomic mass is 35.5. The van der Waals surface area contributed by atoms with Crippen molar-refractivity contribution in [3.63, 3.8) is 0 Å². The summed E-state index contributed by atoms with van der Waals surface area (Å²) in [5.41, 5.74) is -1.56. The zero-order valence-corrected chi connectivity index (χ0v) is 17.4. The van der Waals surface area contributed by atoms with Gasteiger partial charge in [0, 0.05) is 36.9 Å². The Bertz CT molecular complexity index is 1390. The lowest BCUT2D eigenvalue weighted by atomic mass is 9.93. The first-order valence-electron chi connectivity index (χ1n) is 9.71. The largest absolute Gasteiger partial charge is 0.399 e. The molecule has 1 saturated carbocycles. The quantitative estimate of drug-likeness (QED) is 0.418. The zero-order valence-electron chi connectivity index (χ0n) is 16.6. The number of aryl methyl sites for hydroxylation is 1. The molecule has 0 aliphatic heterocycles. The number of hydrogen-bond donors (Lipinski definition) is 0. The van der Waals surface area contributed by atoms with E-state index < -0.39 is 23.2 Å². The maximum absolute atomic E-state index is 14.3. The number of aromatic nitrogens is 6. The SMILES string of the molecule is Cc1nc2c(F)cc(CC(=O)Cc3cnc4cc(Cl)nn4c3C3(C(F)(F)F)CC3)cn2n1. The van der Waals surface area contributed by atoms with E-state index in [1.165, 1.54) is 29.0 Å². The van der Waals surface area contributed by atoms with Crippen LogP contribution in [-0.4, -0.2) is 41.2 Å². The molecule has 1 aliphatic carbocycles. The Hall–Kier alpha value is -3.08. The van der Waals surface area contributed by atoms with Crippen LogP contribution in [0.4, 0.5) is 17.6 Å². The van der Waals surface area contributed by atoms with Crippen LogP contribution < -0.4 is 0 Å². The second kappa shape index (κ2) is 6.96. The first kappa shape index (κ1) is 20.8. The summed E-state index contributed by atoms with van der Waals surface area (Å²) < 4.78 is 58.4. The van der Waals surface area contributed by atoms with Crippen molar-refractivity contribution in [2.45, 2.75) is 44.2 Å². The van der Waals surface area contributed by atoms with Gasteiger partial charge in [-0.3, -0.25) is 4.79 Å². The minimum atomic E-state index is -4.52. The minimum absolute atomic E-state index is 0.00658. The maximum atomic E-state index is 14.3. The lowest BCUT2D eigenvalue weighted by Gasteiger charge is -2.23. The third kappa shape index (κ3) is 3.31. The van der Waals surface area contributed by atoms with Gasteiger partial charge in [0.05, 0.1) is 5.69 Å². The Morgan fingerprint density at radius 2 is 1.97 bits per heavy atom. The van der Waals surface area contributed by atoms with Crippen LogP contribution in [0, 0.1) is 12.7 Å². The molecule has 4 aromatic heterocycles. The van der Waals surface area contributed by atoms with Gasteiger partial charge in [-0.15, -0.1) is 0 Å². The van der Waals surface area contributed by atoms with Gasteiger partial charge >= 0.3 is 6.18 Å². The highest BCUT2D eigenvalue weighted by molar-refractivity contribution is 6.29. The predicted octanol–water partition coefficient (Wildman–Crippen LogP) is 3.82. The molecule has 4 aromatic rings. The smallest absolute Gasteiger partial charge is 0.299 e. The summed E-state index contributed by atoms with van der Waals surface area (Å²) in [6.45, 7) is 1.61. The van der Waals surface area contributed by atoms with Gasteiger partial charge in [-0.2, -0.15) is 23.4 Å². The third-order valence-electron chi connectivity index (χ3n) is 5.62. The fourth-order valence-corrected chi connectivity index (χ4v) is 4.24. The molecular formula is C20H15ClF4N6O. The van der Waals surface area contributed by atoms with Crippen molar-refractivity contribution in [2.75, 3.05) is 0 Å². The van der Waals surface area contributed by atoms with Crippen LogP contribution in [0.15, 0.2) is 24.5 Å². The number of fused-ring (bicyclic) bond motifs is 2. The molecule has 12 heteroatoms. The van der Waals surface area contributed by atoms with Crippen molar-refractivity contribution in [1.29, 1.82) is 0 Å². The fourth-order valence-electron chi connectivity index (χ4n) is 4.06. The molecule has 0 spiro atoms. The molecule has 0 atom stereocenters. The number of ketones is 1. The van der Waals surface area contributed by atoms with Gasteiger partial charge in [0.2, 0.25) is 0 Å². The summed E-state index contributed by atoms with van der Waals surface area (Å²) in [4.78, 5) is 20.9. The number of carbonyl (C=O) groups is 1. The van der Waals surface area contributed by atoms with E-state index in [1.807, 2.05) is 0 Å². The van der Waals surface area contributed by atoms with Gasteiger partial charge in [-0.25, -0.2) is 23.4 Å². The number of hydrogen-bond acceptors (Lipinski definition) is 5. The molecule has 0 N–H and O–H groups in total. The molecule has 5 rings (SSSR count). The van der Waals surface area contributed by atoms with E-state index in [0.717, 1.165) is 4.52 Å². The van der Waals surface area contributed by atoms with Crippen molar-refractivity contribution >= 4 is 28.7 Å². The van der Waals surface area contributed by atoms with Crippen LogP contribution in [0.5, 0.6) is 0 Å². The number of carbonyl (C=O) groups excluding carboxylic acids is 1. The average molecular weight is 467 g/mol. The Labute approximate surface area is 183 Å². The second-order valence-corrected chi connectivity index (χ2v) is 8.35. The number of alkyl halides is 3. The molecule has 7 nitrogen and oxygen atoms in total. The number of rotatable bonds is 5. The molecule has 166 valence electrons. The summed E-state index contributed by atoms with van der Waals surface area (Å²) in [6, 6.07) is 2.54. The molecule has 0 unspecified atom stereocenters. The monoisotopic (exact) mass is 466 g/mol. The Morgan fingerprint density at radius 1 is 1.22 bits per heavy atom. The van der Waals surface area contributed by atoms with E-state index in [0.29, 0.717) is 11.4 Å². The molecule has 0 radical (unpaired) electrons. The van der Waals surface area contributed by atoms with Crippen LogP contribution in [0.25, 0.3) is 11.3 Å². The van der Waals surface area contributed by atoms with Gasteiger partial charge in [0.1, 0.15) is 17.0 Å². The maximum Gasteiger partial charge on any atom is 0.399 e. The van der Waals surface area contributed by atoms with Crippen LogP contribution in [0.3, 0.4) is 0 Å². The fraction of sp³-hybridized carbons (Fsp3) is 0.350. The van der Waals surface area contributed by atoms with Crippen LogP contribution in [0.2, 0.25) is 5.15 Å². The number of Topliss-reactive ketones (excluding diaryl/α,β-unsaturated/α-hetero) is 1. The van der Waals surface area contributed by atoms with Crippen molar-refractivity contribution in [3.05, 3.63) is 58.1 Å². The summed E-state index contributed by atoms with van der Waals surface area (Å²) in [5.74, 6) is -0.671. The van der Waals surface area contributed by atoms with E-state index in [9.17, 15) is 22.4 Å². The van der Waals surface area contributed by atoms with Crippen LogP contribution in [0.1, 0.15) is 35.5 Å². The summed E-state index contributed by atoms with van der Waals surface area (Å²) in [5, 5.41) is 8.02. The van der Waals surface area contributed by atoms with Crippen molar-refractivity contribution < 1.29 is 22.4 Å². The summed E-state index contributed by atoms with van der Waals surface area (Å²) >= 11 is 5.90. The van der Waals surface area contributed by atoms with E-state index in [1.54, 1.807) is 6.92 Å². The molecule has 0 saturated heterocycles. The normalized spacial score (nSPS) is 15.6. The molecular weight excluding hydrogens is 452 g/mol. The molecule has 4 heterocycles. The van der Waals surface area contributed by atoms with E-state index in [-0.39, 0.29) is 53.4 Å². The lowest BCUT2D eigenvalue weighted by Crippen LogP contribution is -2.33. The van der Waals surface area contributed by atoms with Gasteiger partial charge in [0.15, 0.2) is 22.3 Å². The molecule has 0 bridgehead atoms. The number of halogens is 5. The van der Waals surface area contributed by atoms with Crippen molar-refractivity contribution in [2.24, 2.45) is 0 Å². The summed E-state index contributed by atoms with van der Waals surface area (Å²) in [7, 11) is 0. The van der Waals surface area contributed by atoms with Crippen molar-refractivity contribution in [3.8, 4) is 0 Å². The van der Waals surface area contributed by atoms with Gasteiger partial charge < -0.3 is 0 Å². The minimum Gasteiger partial charge on any atom is -0.299 e. The Kier molecular flexibility index (Phi) is 4.52. The van der Waals surface area contributed by atoms with Crippen LogP contribution >= 0.6 is 11.6 Å². The molecule has 1 fully saturated rings. The first-order valence-corrected chi connectivity index (χ1v) is 10.1. The highest BCUT2D eigenvalue weighted by Crippen LogP contribution is 2.59. The van der Waals surface area contributed by atoms with Gasteiger partial charge in [-0.05, 0) is 31.4 Å². The number of pyridine rings is 1. The lowest BCUT2D eigenvalue weighted by molar-refractivity contribution is -0.162. The second-order valence-electron chi connectivity index (χ2n) is 7.96. The Balaban J connectivity index is 1.50. The predicted molar refractivity (Wildman–Crippen MR) is 105 cm³/mol. The van der Waals surface area contributed by atoms with E-state index in [2.05, 4.69) is 20.2 Å². The molecule has 32 heavy (non-hydrogen) atoms. The third-order valence-corrected chi connectivity index (χ3v) is 5.80. The van der Waals surface area contributed by atoms with E-state index >= 15 is 0 Å². The first-order chi connectivity index (χ1) is 15.1. The molecule has 1 aliphatic rings. The molecule has 0 amide bonds. The van der Waals surface area contributed by atoms with Crippen molar-refractivity contribution in [1.82, 2.24) is 29.2 Å². The van der Waals surface area contributed by atoms with Gasteiger partial charge in [-0.1, -0.05) is 11.6 Å². The standard InChI is InChI=1S/C20H15ClF4N6O/c1-10-27-18-14(22)5-11(9-30(18)28-10)4-13(32)6-12-8-26-16-7-15(21)29-31(16)17(12)19(2-3-19)20(23,24)25/h5,7-9H,2-4,6H2,1H3. The zero-order chi connectivity index (χ0) is 22.8. The molecule has 0 aromatic carbocycles.